The standard InChI is InChI=1S/C27H22F3N7O/c28-16-7-8-20(29)19(12-16)27(38)34-17-3-1-4-18(13-17)37-23-11-15(25-32-14-33-36-25)6-9-22(23)35-26(37)24-21(30)5-2-10-31-24/h2,5-12,14,17-18H,1,3-4,13H2,(H,34,38)(H,32,33,36). The number of carbonyl (C=O) groups excluding carboxylic acids is 1. The molecule has 3 heterocycles. The number of imidazole rings is 1. The third-order valence-electron chi connectivity index (χ3n) is 6.87. The van der Waals surface area contributed by atoms with Crippen molar-refractivity contribution in [3.05, 3.63) is 84.1 Å². The molecule has 38 heavy (non-hydrogen) atoms. The van der Waals surface area contributed by atoms with Gasteiger partial charge in [0.2, 0.25) is 0 Å². The number of aromatic amines is 1. The summed E-state index contributed by atoms with van der Waals surface area (Å²) in [5.41, 5.74) is 1.98. The Labute approximate surface area is 215 Å². The van der Waals surface area contributed by atoms with E-state index in [0.717, 1.165) is 42.1 Å². The molecule has 0 radical (unpaired) electrons. The minimum absolute atomic E-state index is 0.123. The number of carbonyl (C=O) groups is 1. The van der Waals surface area contributed by atoms with Crippen molar-refractivity contribution in [2.24, 2.45) is 0 Å². The van der Waals surface area contributed by atoms with Crippen molar-refractivity contribution >= 4 is 16.9 Å². The zero-order chi connectivity index (χ0) is 26.2. The lowest BCUT2D eigenvalue weighted by Crippen LogP contribution is -2.39. The van der Waals surface area contributed by atoms with Crippen LogP contribution in [-0.2, 0) is 0 Å². The maximum absolute atomic E-state index is 14.9. The van der Waals surface area contributed by atoms with Crippen molar-refractivity contribution in [2.45, 2.75) is 37.8 Å². The Balaban J connectivity index is 1.39. The second kappa shape index (κ2) is 9.73. The van der Waals surface area contributed by atoms with Gasteiger partial charge in [0.1, 0.15) is 23.7 Å². The highest BCUT2D eigenvalue weighted by Gasteiger charge is 2.30. The molecule has 2 unspecified atom stereocenters. The Morgan fingerprint density at radius 2 is 1.92 bits per heavy atom. The zero-order valence-corrected chi connectivity index (χ0v) is 20.0. The van der Waals surface area contributed by atoms with Crippen LogP contribution in [0.2, 0.25) is 0 Å². The van der Waals surface area contributed by atoms with Crippen LogP contribution in [0.25, 0.3) is 33.9 Å². The van der Waals surface area contributed by atoms with Crippen LogP contribution in [0.1, 0.15) is 42.1 Å². The molecule has 0 spiro atoms. The average molecular weight is 518 g/mol. The van der Waals surface area contributed by atoms with Gasteiger partial charge in [-0.15, -0.1) is 0 Å². The maximum Gasteiger partial charge on any atom is 0.254 e. The van der Waals surface area contributed by atoms with E-state index >= 15 is 0 Å². The molecule has 2 N–H and O–H groups in total. The van der Waals surface area contributed by atoms with Crippen LogP contribution in [0.5, 0.6) is 0 Å². The number of aromatic nitrogens is 6. The Bertz CT molecular complexity index is 1630. The fourth-order valence-electron chi connectivity index (χ4n) is 5.14. The van der Waals surface area contributed by atoms with Crippen molar-refractivity contribution in [1.82, 2.24) is 35.0 Å². The maximum atomic E-state index is 14.9. The van der Waals surface area contributed by atoms with Gasteiger partial charge in [-0.1, -0.05) is 0 Å². The van der Waals surface area contributed by atoms with Crippen LogP contribution in [0, 0.1) is 17.5 Å². The monoisotopic (exact) mass is 517 g/mol. The van der Waals surface area contributed by atoms with Gasteiger partial charge in [-0.25, -0.2) is 28.1 Å². The molecule has 1 amide bonds. The molecule has 192 valence electrons. The molecule has 2 atom stereocenters. The molecule has 1 fully saturated rings. The molecule has 8 nitrogen and oxygen atoms in total. The van der Waals surface area contributed by atoms with Gasteiger partial charge in [-0.05, 0) is 74.2 Å². The summed E-state index contributed by atoms with van der Waals surface area (Å²) in [4.78, 5) is 26.0. The molecule has 0 aliphatic heterocycles. The van der Waals surface area contributed by atoms with Crippen molar-refractivity contribution in [1.29, 1.82) is 0 Å². The Morgan fingerprint density at radius 1 is 1.03 bits per heavy atom. The van der Waals surface area contributed by atoms with Crippen molar-refractivity contribution < 1.29 is 18.0 Å². The van der Waals surface area contributed by atoms with Crippen molar-refractivity contribution in [3.8, 4) is 22.9 Å². The van der Waals surface area contributed by atoms with Crippen LogP contribution in [0.4, 0.5) is 13.2 Å². The average Bonchev–Trinajstić information content (AvgIpc) is 3.58. The fraction of sp³-hybridized carbons (Fsp3) is 0.222. The summed E-state index contributed by atoms with van der Waals surface area (Å²) < 4.78 is 44.7. The largest absolute Gasteiger partial charge is 0.349 e. The van der Waals surface area contributed by atoms with E-state index in [1.165, 1.54) is 24.7 Å². The van der Waals surface area contributed by atoms with Gasteiger partial charge in [0.05, 0.1) is 16.6 Å². The number of halogens is 3. The highest BCUT2D eigenvalue weighted by molar-refractivity contribution is 5.94. The summed E-state index contributed by atoms with van der Waals surface area (Å²) in [5.74, 6) is -1.69. The lowest BCUT2D eigenvalue weighted by atomic mass is 9.90. The summed E-state index contributed by atoms with van der Waals surface area (Å²) >= 11 is 0. The molecule has 0 saturated heterocycles. The van der Waals surface area contributed by atoms with E-state index in [0.29, 0.717) is 30.0 Å². The number of fused-ring (bicyclic) bond motifs is 1. The number of H-pyrrole nitrogens is 1. The predicted octanol–water partition coefficient (Wildman–Crippen LogP) is 5.21. The second-order valence-corrected chi connectivity index (χ2v) is 9.29. The van der Waals surface area contributed by atoms with Gasteiger partial charge < -0.3 is 9.88 Å². The van der Waals surface area contributed by atoms with E-state index in [4.69, 9.17) is 4.98 Å². The number of nitrogens with one attached hydrogen (secondary N) is 2. The second-order valence-electron chi connectivity index (χ2n) is 9.29. The summed E-state index contributed by atoms with van der Waals surface area (Å²) in [5, 5.41) is 9.63. The first kappa shape index (κ1) is 23.8. The van der Waals surface area contributed by atoms with E-state index < -0.39 is 23.4 Å². The molecule has 5 aromatic rings. The quantitative estimate of drug-likeness (QED) is 0.333. The van der Waals surface area contributed by atoms with E-state index in [2.05, 4.69) is 25.5 Å². The summed E-state index contributed by atoms with van der Waals surface area (Å²) in [7, 11) is 0. The van der Waals surface area contributed by atoms with Crippen molar-refractivity contribution in [2.75, 3.05) is 0 Å². The van der Waals surface area contributed by atoms with Gasteiger partial charge in [0.25, 0.3) is 5.91 Å². The van der Waals surface area contributed by atoms with Gasteiger partial charge in [-0.2, -0.15) is 5.10 Å². The summed E-state index contributed by atoms with van der Waals surface area (Å²) in [6.07, 6.45) is 5.60. The normalized spacial score (nSPS) is 17.6. The summed E-state index contributed by atoms with van der Waals surface area (Å²) in [6, 6.07) is 10.8. The molecule has 0 bridgehead atoms. The fourth-order valence-corrected chi connectivity index (χ4v) is 5.14. The topological polar surface area (TPSA) is 101 Å². The first-order chi connectivity index (χ1) is 18.5. The molecule has 1 aliphatic carbocycles. The van der Waals surface area contributed by atoms with Gasteiger partial charge in [0, 0.05) is 23.8 Å². The minimum Gasteiger partial charge on any atom is -0.349 e. The molecular weight excluding hydrogens is 495 g/mol. The summed E-state index contributed by atoms with van der Waals surface area (Å²) in [6.45, 7) is 0. The Kier molecular flexibility index (Phi) is 6.10. The third kappa shape index (κ3) is 4.40. The molecule has 2 aromatic carbocycles. The number of hydrogen-bond acceptors (Lipinski definition) is 5. The van der Waals surface area contributed by atoms with E-state index in [1.54, 1.807) is 0 Å². The Morgan fingerprint density at radius 3 is 2.74 bits per heavy atom. The van der Waals surface area contributed by atoms with E-state index in [9.17, 15) is 18.0 Å². The van der Waals surface area contributed by atoms with E-state index in [-0.39, 0.29) is 23.3 Å². The minimum atomic E-state index is -0.787. The number of pyridine rings is 1. The van der Waals surface area contributed by atoms with Crippen molar-refractivity contribution in [3.63, 3.8) is 0 Å². The van der Waals surface area contributed by atoms with Crippen LogP contribution in [0.15, 0.2) is 61.1 Å². The third-order valence-corrected chi connectivity index (χ3v) is 6.87. The molecule has 1 aliphatic rings. The first-order valence-electron chi connectivity index (χ1n) is 12.2. The molecule has 11 heteroatoms. The number of hydrogen-bond donors (Lipinski definition) is 2. The zero-order valence-electron chi connectivity index (χ0n) is 20.0. The Hall–Kier alpha value is -4.54. The number of nitrogens with zero attached hydrogens (tertiary/aromatic N) is 5. The first-order valence-corrected chi connectivity index (χ1v) is 12.2. The van der Waals surface area contributed by atoms with Gasteiger partial charge in [0.15, 0.2) is 17.5 Å². The molecule has 3 aromatic heterocycles. The SMILES string of the molecule is O=C(NC1CCCC(n2c(-c3ncccc3F)nc3ccc(-c4ncn[nH]4)cc32)C1)c1cc(F)ccc1F. The highest BCUT2D eigenvalue weighted by Crippen LogP contribution is 2.37. The number of benzene rings is 2. The van der Waals surface area contributed by atoms with Gasteiger partial charge in [-0.3, -0.25) is 9.89 Å². The lowest BCUT2D eigenvalue weighted by molar-refractivity contribution is 0.0916. The molecular formula is C27H22F3N7O. The highest BCUT2D eigenvalue weighted by atomic mass is 19.1. The predicted molar refractivity (Wildman–Crippen MR) is 133 cm³/mol. The van der Waals surface area contributed by atoms with E-state index in [1.807, 2.05) is 22.8 Å². The molecule has 6 rings (SSSR count). The van der Waals surface area contributed by atoms with Crippen LogP contribution >= 0.6 is 0 Å². The van der Waals surface area contributed by atoms with Crippen LogP contribution in [0.3, 0.4) is 0 Å². The number of amides is 1. The van der Waals surface area contributed by atoms with Crippen LogP contribution < -0.4 is 5.32 Å². The number of rotatable bonds is 5. The smallest absolute Gasteiger partial charge is 0.254 e. The van der Waals surface area contributed by atoms with Crippen LogP contribution in [-0.4, -0.2) is 41.7 Å². The van der Waals surface area contributed by atoms with Gasteiger partial charge >= 0.3 is 0 Å². The lowest BCUT2D eigenvalue weighted by Gasteiger charge is -2.32. The molecule has 1 saturated carbocycles.